The predicted octanol–water partition coefficient (Wildman–Crippen LogP) is 12.6. The lowest BCUT2D eigenvalue weighted by molar-refractivity contribution is 0.633. The second kappa shape index (κ2) is 10.9. The molecule has 9 aromatic rings. The first-order valence-corrected chi connectivity index (χ1v) is 18.9. The summed E-state index contributed by atoms with van der Waals surface area (Å²) in [5.41, 5.74) is 19.4. The van der Waals surface area contributed by atoms with E-state index < -0.39 is 10.8 Å². The largest absolute Gasteiger partial charge is 0.255 e. The number of pyridine rings is 1. The zero-order valence-electron chi connectivity index (χ0n) is 29.5. The zero-order chi connectivity index (χ0) is 35.4. The van der Waals surface area contributed by atoms with E-state index in [0.717, 1.165) is 22.2 Å². The van der Waals surface area contributed by atoms with Crippen LogP contribution in [0.2, 0.25) is 0 Å². The molecule has 0 atom stereocenters. The van der Waals surface area contributed by atoms with E-state index in [1.54, 1.807) is 0 Å². The van der Waals surface area contributed by atoms with Crippen LogP contribution in [0.3, 0.4) is 0 Å². The van der Waals surface area contributed by atoms with Crippen LogP contribution in [0.5, 0.6) is 0 Å². The number of hydrogen-bond acceptors (Lipinski definition) is 1. The normalized spacial score (nSPS) is 14.6. The summed E-state index contributed by atoms with van der Waals surface area (Å²) < 4.78 is 0. The van der Waals surface area contributed by atoms with Gasteiger partial charge >= 0.3 is 0 Å². The van der Waals surface area contributed by atoms with Gasteiger partial charge in [0.1, 0.15) is 0 Å². The lowest BCUT2D eigenvalue weighted by Crippen LogP contribution is -2.43. The molecule has 12 rings (SSSR count). The highest BCUT2D eigenvalue weighted by Gasteiger charge is 2.58. The Morgan fingerprint density at radius 1 is 0.278 bits per heavy atom. The van der Waals surface area contributed by atoms with Gasteiger partial charge in [-0.1, -0.05) is 188 Å². The third-order valence-corrected chi connectivity index (χ3v) is 12.6. The fourth-order valence-electron chi connectivity index (χ4n) is 10.7. The average molecular weight is 684 g/mol. The van der Waals surface area contributed by atoms with Crippen molar-refractivity contribution in [3.05, 3.63) is 245 Å². The molecule has 250 valence electrons. The second-order valence-corrected chi connectivity index (χ2v) is 14.9. The van der Waals surface area contributed by atoms with Crippen LogP contribution in [0.25, 0.3) is 55.4 Å². The van der Waals surface area contributed by atoms with Crippen molar-refractivity contribution in [2.75, 3.05) is 0 Å². The fraction of sp³-hybridized carbons (Fsp3) is 0.0377. The molecule has 0 N–H and O–H groups in total. The van der Waals surface area contributed by atoms with E-state index in [0.29, 0.717) is 0 Å². The van der Waals surface area contributed by atoms with Gasteiger partial charge in [-0.3, -0.25) is 4.98 Å². The van der Waals surface area contributed by atoms with Crippen molar-refractivity contribution in [3.8, 4) is 44.6 Å². The molecule has 2 spiro atoms. The van der Waals surface area contributed by atoms with E-state index >= 15 is 0 Å². The Morgan fingerprint density at radius 3 is 1.22 bits per heavy atom. The molecule has 0 fully saturated rings. The number of rotatable bonds is 2. The third kappa shape index (κ3) is 3.57. The van der Waals surface area contributed by atoms with Crippen molar-refractivity contribution in [2.45, 2.75) is 10.8 Å². The number of benzene rings is 8. The van der Waals surface area contributed by atoms with Gasteiger partial charge in [0.05, 0.1) is 16.5 Å². The van der Waals surface area contributed by atoms with Gasteiger partial charge in [-0.25, -0.2) is 0 Å². The standard InChI is InChI=1S/C53H33N/c1-2-16-34(17-3-1)51-41-23-5-4-18-36(41)42(33-54-51)35-30-31-49-50(32-35)53(45-26-12-8-21-39(45)40-22-9-13-27-46(40)53)48-29-15-14-28-47(48)52(49)43-24-10-6-19-37(43)38-20-7-11-25-44(38)52/h1-33H. The molecule has 0 unspecified atom stereocenters. The maximum Gasteiger partial charge on any atom is 0.0780 e. The monoisotopic (exact) mass is 683 g/mol. The van der Waals surface area contributed by atoms with E-state index in [1.165, 1.54) is 77.7 Å². The van der Waals surface area contributed by atoms with E-state index in [-0.39, 0.29) is 0 Å². The summed E-state index contributed by atoms with van der Waals surface area (Å²) in [7, 11) is 0. The topological polar surface area (TPSA) is 12.9 Å². The molecule has 0 aliphatic heterocycles. The van der Waals surface area contributed by atoms with Crippen molar-refractivity contribution in [1.29, 1.82) is 0 Å². The summed E-state index contributed by atoms with van der Waals surface area (Å²) in [6.45, 7) is 0. The Bertz CT molecular complexity index is 2920. The number of aromatic nitrogens is 1. The second-order valence-electron chi connectivity index (χ2n) is 14.9. The quantitative estimate of drug-likeness (QED) is 0.177. The Morgan fingerprint density at radius 2 is 0.685 bits per heavy atom. The highest BCUT2D eigenvalue weighted by Crippen LogP contribution is 2.67. The molecule has 8 aromatic carbocycles. The molecule has 0 saturated carbocycles. The third-order valence-electron chi connectivity index (χ3n) is 12.6. The Labute approximate surface area is 314 Å². The molecule has 3 aliphatic carbocycles. The first-order valence-electron chi connectivity index (χ1n) is 18.9. The molecule has 1 nitrogen and oxygen atoms in total. The predicted molar refractivity (Wildman–Crippen MR) is 221 cm³/mol. The average Bonchev–Trinajstić information content (AvgIpc) is 3.71. The Hall–Kier alpha value is -6.83. The van der Waals surface area contributed by atoms with Gasteiger partial charge in [-0.2, -0.15) is 0 Å². The van der Waals surface area contributed by atoms with Gasteiger partial charge in [0.15, 0.2) is 0 Å². The van der Waals surface area contributed by atoms with Gasteiger partial charge in [-0.15, -0.1) is 0 Å². The molecule has 0 bridgehead atoms. The van der Waals surface area contributed by atoms with E-state index in [9.17, 15) is 0 Å². The summed E-state index contributed by atoms with van der Waals surface area (Å²) >= 11 is 0. The summed E-state index contributed by atoms with van der Waals surface area (Å²) in [4.78, 5) is 5.19. The Balaban J connectivity index is 1.24. The minimum atomic E-state index is -0.528. The van der Waals surface area contributed by atoms with Crippen LogP contribution in [0.1, 0.15) is 44.5 Å². The molecule has 1 aromatic heterocycles. The smallest absolute Gasteiger partial charge is 0.0780 e. The van der Waals surface area contributed by atoms with Crippen molar-refractivity contribution >= 4 is 10.8 Å². The minimum Gasteiger partial charge on any atom is -0.255 e. The van der Waals surface area contributed by atoms with E-state index in [4.69, 9.17) is 4.98 Å². The number of nitrogens with zero attached hydrogens (tertiary/aromatic N) is 1. The van der Waals surface area contributed by atoms with E-state index in [1.807, 2.05) is 0 Å². The fourth-order valence-corrected chi connectivity index (χ4v) is 10.7. The summed E-state index contributed by atoms with van der Waals surface area (Å²) in [5, 5.41) is 2.36. The molecule has 1 heteroatoms. The first-order chi connectivity index (χ1) is 26.8. The van der Waals surface area contributed by atoms with Gasteiger partial charge in [0.25, 0.3) is 0 Å². The molecule has 3 aliphatic rings. The minimum absolute atomic E-state index is 0.493. The highest BCUT2D eigenvalue weighted by molar-refractivity contribution is 6.04. The molecule has 54 heavy (non-hydrogen) atoms. The summed E-state index contributed by atoms with van der Waals surface area (Å²) in [6, 6.07) is 72.4. The summed E-state index contributed by atoms with van der Waals surface area (Å²) in [5.74, 6) is 0. The van der Waals surface area contributed by atoms with Gasteiger partial charge in [0.2, 0.25) is 0 Å². The van der Waals surface area contributed by atoms with Crippen LogP contribution in [-0.2, 0) is 10.8 Å². The lowest BCUT2D eigenvalue weighted by atomic mass is 9.52. The van der Waals surface area contributed by atoms with Crippen molar-refractivity contribution in [3.63, 3.8) is 0 Å². The molecular weight excluding hydrogens is 651 g/mol. The van der Waals surface area contributed by atoms with Crippen LogP contribution in [-0.4, -0.2) is 4.98 Å². The molecule has 1 heterocycles. The summed E-state index contributed by atoms with van der Waals surface area (Å²) in [6.07, 6.45) is 2.10. The lowest BCUT2D eigenvalue weighted by Gasteiger charge is -2.49. The van der Waals surface area contributed by atoms with Crippen LogP contribution < -0.4 is 0 Å². The van der Waals surface area contributed by atoms with E-state index in [2.05, 4.69) is 200 Å². The van der Waals surface area contributed by atoms with Gasteiger partial charge in [0, 0.05) is 22.7 Å². The molecular formula is C53H33N. The zero-order valence-corrected chi connectivity index (χ0v) is 29.5. The van der Waals surface area contributed by atoms with Crippen LogP contribution >= 0.6 is 0 Å². The maximum absolute atomic E-state index is 5.19. The maximum atomic E-state index is 5.19. The van der Waals surface area contributed by atoms with Gasteiger partial charge in [-0.05, 0) is 83.8 Å². The number of fused-ring (bicyclic) bond motifs is 17. The SMILES string of the molecule is c1ccc(-c2ncc(-c3ccc4c(c3)C3(c5ccccc5-c5ccccc53)c3ccccc3C43c4ccccc4-c4ccccc43)c3ccccc23)cc1. The number of hydrogen-bond donors (Lipinski definition) is 0. The van der Waals surface area contributed by atoms with Gasteiger partial charge < -0.3 is 0 Å². The molecule has 0 radical (unpaired) electrons. The van der Waals surface area contributed by atoms with Crippen molar-refractivity contribution in [2.24, 2.45) is 0 Å². The highest BCUT2D eigenvalue weighted by atomic mass is 14.7. The molecule has 0 amide bonds. The Kier molecular flexibility index (Phi) is 5.97. The van der Waals surface area contributed by atoms with Crippen molar-refractivity contribution in [1.82, 2.24) is 4.98 Å². The van der Waals surface area contributed by atoms with Crippen LogP contribution in [0.15, 0.2) is 200 Å². The van der Waals surface area contributed by atoms with Crippen LogP contribution in [0.4, 0.5) is 0 Å². The molecule has 0 saturated heterocycles. The van der Waals surface area contributed by atoms with Crippen LogP contribution in [0, 0.1) is 0 Å². The van der Waals surface area contributed by atoms with Crippen molar-refractivity contribution < 1.29 is 0 Å². The first kappa shape index (κ1) is 29.7.